The smallest absolute Gasteiger partial charge is 0.270 e. The van der Waals surface area contributed by atoms with Crippen LogP contribution in [-0.4, -0.2) is 28.4 Å². The zero-order chi connectivity index (χ0) is 12.5. The summed E-state index contributed by atoms with van der Waals surface area (Å²) in [4.78, 5) is 17.7. The third-order valence-electron chi connectivity index (χ3n) is 3.82. The predicted octanol–water partition coefficient (Wildman–Crippen LogP) is 3.18. The predicted molar refractivity (Wildman–Crippen MR) is 72.6 cm³/mol. The van der Waals surface area contributed by atoms with Crippen LogP contribution in [0.5, 0.6) is 0 Å². The maximum atomic E-state index is 12.5. The fourth-order valence-electron chi connectivity index (χ4n) is 2.74. The number of para-hydroxylation sites is 1. The summed E-state index contributed by atoms with van der Waals surface area (Å²) in [6.07, 6.45) is 3.47. The number of fused-ring (bicyclic) bond motifs is 1. The monoisotopic (exact) mass is 242 g/mol. The molecule has 1 aliphatic heterocycles. The number of aromatic amines is 1. The molecule has 3 heteroatoms. The zero-order valence-electron chi connectivity index (χ0n) is 10.6. The van der Waals surface area contributed by atoms with Crippen LogP contribution in [0.3, 0.4) is 0 Å². The van der Waals surface area contributed by atoms with Crippen molar-refractivity contribution in [2.24, 2.45) is 0 Å². The fraction of sp³-hybridized carbons (Fsp3) is 0.400. The minimum Gasteiger partial charge on any atom is -0.351 e. The number of hydrogen-bond acceptors (Lipinski definition) is 1. The van der Waals surface area contributed by atoms with Crippen molar-refractivity contribution in [3.05, 3.63) is 36.0 Å². The Morgan fingerprint density at radius 3 is 2.94 bits per heavy atom. The van der Waals surface area contributed by atoms with E-state index >= 15 is 0 Å². The summed E-state index contributed by atoms with van der Waals surface area (Å²) in [5.41, 5.74) is 1.75. The third-order valence-corrected chi connectivity index (χ3v) is 3.82. The highest BCUT2D eigenvalue weighted by atomic mass is 16.2. The molecule has 1 aliphatic rings. The van der Waals surface area contributed by atoms with Crippen molar-refractivity contribution in [2.75, 3.05) is 6.54 Å². The van der Waals surface area contributed by atoms with Crippen LogP contribution in [0.2, 0.25) is 0 Å². The van der Waals surface area contributed by atoms with Gasteiger partial charge in [-0.3, -0.25) is 4.79 Å². The molecule has 94 valence electrons. The van der Waals surface area contributed by atoms with Gasteiger partial charge in [0.1, 0.15) is 5.69 Å². The summed E-state index contributed by atoms with van der Waals surface area (Å²) in [5.74, 6) is 0.137. The molecule has 3 rings (SSSR count). The number of benzene rings is 1. The van der Waals surface area contributed by atoms with E-state index in [1.54, 1.807) is 0 Å². The van der Waals surface area contributed by atoms with Crippen LogP contribution < -0.4 is 0 Å². The first-order chi connectivity index (χ1) is 8.75. The normalized spacial score (nSPS) is 20.3. The first kappa shape index (κ1) is 11.3. The van der Waals surface area contributed by atoms with Gasteiger partial charge in [-0.15, -0.1) is 0 Å². The van der Waals surface area contributed by atoms with Crippen molar-refractivity contribution in [2.45, 2.75) is 32.2 Å². The van der Waals surface area contributed by atoms with E-state index in [0.717, 1.165) is 30.3 Å². The highest BCUT2D eigenvalue weighted by Gasteiger charge is 2.25. The summed E-state index contributed by atoms with van der Waals surface area (Å²) < 4.78 is 0. The summed E-state index contributed by atoms with van der Waals surface area (Å²) in [6.45, 7) is 3.02. The Kier molecular flexibility index (Phi) is 2.82. The van der Waals surface area contributed by atoms with Gasteiger partial charge >= 0.3 is 0 Å². The van der Waals surface area contributed by atoms with Crippen LogP contribution in [0.1, 0.15) is 36.7 Å². The quantitative estimate of drug-likeness (QED) is 0.819. The number of piperidine rings is 1. The van der Waals surface area contributed by atoms with Crippen molar-refractivity contribution in [1.29, 1.82) is 0 Å². The molecule has 3 nitrogen and oxygen atoms in total. The molecule has 1 atom stereocenters. The second-order valence-corrected chi connectivity index (χ2v) is 5.11. The lowest BCUT2D eigenvalue weighted by atomic mass is 10.0. The second-order valence-electron chi connectivity index (χ2n) is 5.11. The van der Waals surface area contributed by atoms with Crippen LogP contribution in [0.15, 0.2) is 30.3 Å². The highest BCUT2D eigenvalue weighted by molar-refractivity contribution is 5.98. The Morgan fingerprint density at radius 2 is 2.17 bits per heavy atom. The third kappa shape index (κ3) is 1.90. The van der Waals surface area contributed by atoms with E-state index in [2.05, 4.69) is 11.9 Å². The Morgan fingerprint density at radius 1 is 1.33 bits per heavy atom. The maximum absolute atomic E-state index is 12.5. The van der Waals surface area contributed by atoms with Gasteiger partial charge in [0, 0.05) is 23.5 Å². The summed E-state index contributed by atoms with van der Waals surface area (Å²) in [5, 5.41) is 1.10. The number of nitrogens with one attached hydrogen (secondary N) is 1. The average Bonchev–Trinajstić information content (AvgIpc) is 2.82. The van der Waals surface area contributed by atoms with E-state index in [9.17, 15) is 4.79 Å². The Hall–Kier alpha value is -1.77. The van der Waals surface area contributed by atoms with Crippen molar-refractivity contribution >= 4 is 16.8 Å². The van der Waals surface area contributed by atoms with Gasteiger partial charge in [0.15, 0.2) is 0 Å². The molecule has 1 fully saturated rings. The van der Waals surface area contributed by atoms with Gasteiger partial charge in [0.2, 0.25) is 0 Å². The van der Waals surface area contributed by atoms with E-state index in [0.29, 0.717) is 11.7 Å². The van der Waals surface area contributed by atoms with Crippen LogP contribution in [0.4, 0.5) is 0 Å². The number of aromatic nitrogens is 1. The van der Waals surface area contributed by atoms with Crippen molar-refractivity contribution in [1.82, 2.24) is 9.88 Å². The van der Waals surface area contributed by atoms with Gasteiger partial charge in [-0.1, -0.05) is 18.2 Å². The maximum Gasteiger partial charge on any atom is 0.270 e. The molecule has 1 N–H and O–H groups in total. The number of carbonyl (C=O) groups excluding carboxylic acids is 1. The minimum absolute atomic E-state index is 0.137. The SMILES string of the molecule is CC1CCCCN1C(=O)c1cc2ccccc2[nH]1. The number of H-pyrrole nitrogens is 1. The molecule has 1 aromatic heterocycles. The Bertz CT molecular complexity index is 540. The highest BCUT2D eigenvalue weighted by Crippen LogP contribution is 2.21. The van der Waals surface area contributed by atoms with Gasteiger partial charge in [-0.05, 0) is 38.3 Å². The van der Waals surface area contributed by atoms with Gasteiger partial charge in [0.25, 0.3) is 5.91 Å². The molecule has 1 aromatic carbocycles. The Labute approximate surface area is 107 Å². The van der Waals surface area contributed by atoms with E-state index < -0.39 is 0 Å². The molecule has 2 aromatic rings. The lowest BCUT2D eigenvalue weighted by molar-refractivity contribution is 0.0630. The molecule has 2 heterocycles. The van der Waals surface area contributed by atoms with Crippen LogP contribution >= 0.6 is 0 Å². The molecule has 1 unspecified atom stereocenters. The average molecular weight is 242 g/mol. The first-order valence-electron chi connectivity index (χ1n) is 6.64. The van der Waals surface area contributed by atoms with Gasteiger partial charge in [-0.25, -0.2) is 0 Å². The van der Waals surface area contributed by atoms with Crippen LogP contribution in [-0.2, 0) is 0 Å². The molecule has 0 spiro atoms. The van der Waals surface area contributed by atoms with E-state index in [1.807, 2.05) is 35.2 Å². The second kappa shape index (κ2) is 4.48. The number of amides is 1. The number of likely N-dealkylation sites (tertiary alicyclic amines) is 1. The Balaban J connectivity index is 1.91. The van der Waals surface area contributed by atoms with Crippen molar-refractivity contribution in [3.63, 3.8) is 0 Å². The number of rotatable bonds is 1. The summed E-state index contributed by atoms with van der Waals surface area (Å²) in [7, 11) is 0. The first-order valence-corrected chi connectivity index (χ1v) is 6.64. The molecule has 0 bridgehead atoms. The summed E-state index contributed by atoms with van der Waals surface area (Å²) in [6, 6.07) is 10.3. The lowest BCUT2D eigenvalue weighted by Crippen LogP contribution is -2.42. The zero-order valence-corrected chi connectivity index (χ0v) is 10.6. The standard InChI is InChI=1S/C15H18N2O/c1-11-6-4-5-9-17(11)15(18)14-10-12-7-2-3-8-13(12)16-14/h2-3,7-8,10-11,16H,4-6,9H2,1H3. The topological polar surface area (TPSA) is 36.1 Å². The minimum atomic E-state index is 0.137. The number of carbonyl (C=O) groups is 1. The van der Waals surface area contributed by atoms with E-state index in [-0.39, 0.29) is 5.91 Å². The largest absolute Gasteiger partial charge is 0.351 e. The molecule has 1 amide bonds. The van der Waals surface area contributed by atoms with Crippen LogP contribution in [0, 0.1) is 0 Å². The molecule has 1 saturated heterocycles. The number of nitrogens with zero attached hydrogens (tertiary/aromatic N) is 1. The molecule has 0 radical (unpaired) electrons. The van der Waals surface area contributed by atoms with Gasteiger partial charge < -0.3 is 9.88 Å². The number of hydrogen-bond donors (Lipinski definition) is 1. The van der Waals surface area contributed by atoms with Gasteiger partial charge in [-0.2, -0.15) is 0 Å². The molecular formula is C15H18N2O. The molecule has 0 saturated carbocycles. The van der Waals surface area contributed by atoms with Crippen molar-refractivity contribution in [3.8, 4) is 0 Å². The summed E-state index contributed by atoms with van der Waals surface area (Å²) >= 11 is 0. The molecular weight excluding hydrogens is 224 g/mol. The van der Waals surface area contributed by atoms with E-state index in [1.165, 1.54) is 6.42 Å². The fourth-order valence-corrected chi connectivity index (χ4v) is 2.74. The molecule has 18 heavy (non-hydrogen) atoms. The van der Waals surface area contributed by atoms with Crippen LogP contribution in [0.25, 0.3) is 10.9 Å². The molecule has 0 aliphatic carbocycles. The lowest BCUT2D eigenvalue weighted by Gasteiger charge is -2.33. The van der Waals surface area contributed by atoms with E-state index in [4.69, 9.17) is 0 Å². The van der Waals surface area contributed by atoms with Gasteiger partial charge in [0.05, 0.1) is 0 Å². The van der Waals surface area contributed by atoms with Crippen molar-refractivity contribution < 1.29 is 4.79 Å².